The second-order valence-corrected chi connectivity index (χ2v) is 7.76. The number of methoxy groups -OCH3 is 1. The molecule has 0 saturated carbocycles. The summed E-state index contributed by atoms with van der Waals surface area (Å²) >= 11 is 0. The molecular formula is C25H34BN3O3. The van der Waals surface area contributed by atoms with E-state index in [4.69, 9.17) is 14.2 Å². The SMILES string of the molecule is C=C(Oc1cbc(OCCNCCCCCOC)cc1CC)C1=CC2C=CC=CN2C=N1. The molecular weight excluding hydrogens is 401 g/mol. The van der Waals surface area contributed by atoms with Gasteiger partial charge in [-0.15, -0.1) is 0 Å². The van der Waals surface area contributed by atoms with Crippen molar-refractivity contribution in [2.75, 3.05) is 33.4 Å². The van der Waals surface area contributed by atoms with E-state index < -0.39 is 0 Å². The van der Waals surface area contributed by atoms with Crippen molar-refractivity contribution in [3.8, 4) is 11.4 Å². The van der Waals surface area contributed by atoms with Gasteiger partial charge in [-0.25, -0.2) is 0 Å². The number of hydrogen-bond acceptors (Lipinski definition) is 6. The summed E-state index contributed by atoms with van der Waals surface area (Å²) in [5.41, 5.74) is 2.69. The number of aryl methyl sites for hydroxylation is 1. The Bertz CT molecular complexity index is 879. The second-order valence-electron chi connectivity index (χ2n) is 7.76. The third kappa shape index (κ3) is 7.21. The van der Waals surface area contributed by atoms with Crippen LogP contribution in [0.4, 0.5) is 0 Å². The van der Waals surface area contributed by atoms with Gasteiger partial charge in [0.25, 0.3) is 0 Å². The van der Waals surface area contributed by atoms with E-state index in [1.54, 1.807) is 13.4 Å². The molecule has 7 heteroatoms. The minimum atomic E-state index is 0.147. The Morgan fingerprint density at radius 3 is 2.97 bits per heavy atom. The van der Waals surface area contributed by atoms with Gasteiger partial charge >= 0.3 is 192 Å². The quantitative estimate of drug-likeness (QED) is 0.354. The summed E-state index contributed by atoms with van der Waals surface area (Å²) in [7, 11) is 1.75. The summed E-state index contributed by atoms with van der Waals surface area (Å²) in [5.74, 6) is 3.28. The molecule has 1 unspecified atom stereocenters. The van der Waals surface area contributed by atoms with Crippen LogP contribution in [0.5, 0.6) is 11.4 Å². The number of ether oxygens (including phenoxy) is 3. The molecule has 0 spiro atoms. The van der Waals surface area contributed by atoms with Gasteiger partial charge in [0.15, 0.2) is 0 Å². The Kier molecular flexibility index (Phi) is 9.78. The molecule has 0 aromatic carbocycles. The zero-order chi connectivity index (χ0) is 22.6. The molecule has 6 nitrogen and oxygen atoms in total. The third-order valence-corrected chi connectivity index (χ3v) is 5.36. The first-order valence-electron chi connectivity index (χ1n) is 11.4. The summed E-state index contributed by atoms with van der Waals surface area (Å²) < 4.78 is 17.1. The summed E-state index contributed by atoms with van der Waals surface area (Å²) in [5, 5.41) is 3.42. The summed E-state index contributed by atoms with van der Waals surface area (Å²) in [6.07, 6.45) is 16.3. The Morgan fingerprint density at radius 2 is 2.12 bits per heavy atom. The number of aliphatic imine (C=N–C) groups is 1. The van der Waals surface area contributed by atoms with Gasteiger partial charge < -0.3 is 0 Å². The second kappa shape index (κ2) is 13.0. The summed E-state index contributed by atoms with van der Waals surface area (Å²) in [6, 6.07) is 2.19. The van der Waals surface area contributed by atoms with E-state index in [-0.39, 0.29) is 6.04 Å². The fraction of sp³-hybridized carbons (Fsp3) is 0.440. The number of allylic oxidation sites excluding steroid dienone is 2. The van der Waals surface area contributed by atoms with E-state index in [9.17, 15) is 0 Å². The van der Waals surface area contributed by atoms with Crippen LogP contribution in [0, 0.1) is 0 Å². The van der Waals surface area contributed by atoms with Crippen LogP contribution in [0.3, 0.4) is 0 Å². The Balaban J connectivity index is 1.45. The fourth-order valence-electron chi connectivity index (χ4n) is 3.53. The predicted octanol–water partition coefficient (Wildman–Crippen LogP) is 3.94. The van der Waals surface area contributed by atoms with Gasteiger partial charge in [-0.3, -0.25) is 0 Å². The maximum atomic E-state index is 6.09. The molecule has 0 bridgehead atoms. The van der Waals surface area contributed by atoms with Crippen LogP contribution in [0.2, 0.25) is 0 Å². The van der Waals surface area contributed by atoms with Gasteiger partial charge in [-0.2, -0.15) is 0 Å². The molecule has 2 aliphatic rings. The average Bonchev–Trinajstić information content (AvgIpc) is 2.83. The fourth-order valence-corrected chi connectivity index (χ4v) is 3.53. The van der Waals surface area contributed by atoms with Crippen molar-refractivity contribution in [3.05, 3.63) is 66.1 Å². The molecule has 1 N–H and O–H groups in total. The Hall–Kier alpha value is -2.64. The molecule has 0 aliphatic carbocycles. The third-order valence-electron chi connectivity index (χ3n) is 5.36. The molecule has 3 rings (SSSR count). The van der Waals surface area contributed by atoms with Crippen LogP contribution < -0.4 is 14.8 Å². The van der Waals surface area contributed by atoms with Crippen LogP contribution in [0.1, 0.15) is 31.7 Å². The molecule has 1 atom stereocenters. The van der Waals surface area contributed by atoms with E-state index in [1.807, 2.05) is 42.2 Å². The van der Waals surface area contributed by atoms with Crippen molar-refractivity contribution in [1.82, 2.24) is 10.2 Å². The number of rotatable bonds is 14. The molecule has 0 saturated heterocycles. The van der Waals surface area contributed by atoms with Crippen molar-refractivity contribution < 1.29 is 14.2 Å². The number of hydrogen-bond donors (Lipinski definition) is 1. The molecule has 3 heterocycles. The average molecular weight is 435 g/mol. The van der Waals surface area contributed by atoms with Gasteiger partial charge in [0.05, 0.1) is 0 Å². The topological polar surface area (TPSA) is 55.3 Å². The van der Waals surface area contributed by atoms with Gasteiger partial charge in [-0.1, -0.05) is 0 Å². The first-order chi connectivity index (χ1) is 15.7. The Labute approximate surface area is 192 Å². The normalized spacial score (nSPS) is 16.5. The predicted molar refractivity (Wildman–Crippen MR) is 132 cm³/mol. The van der Waals surface area contributed by atoms with Crippen LogP contribution >= 0.6 is 0 Å². The number of unbranched alkanes of at least 4 members (excludes halogenated alkanes) is 2. The van der Waals surface area contributed by atoms with E-state index in [2.05, 4.69) is 36.0 Å². The van der Waals surface area contributed by atoms with Crippen LogP contribution in [0.15, 0.2) is 65.6 Å². The number of nitrogens with one attached hydrogen (secondary N) is 1. The molecule has 1 aromatic rings. The summed E-state index contributed by atoms with van der Waals surface area (Å²) in [6.45, 7) is 11.5. The standard InChI is InChI=1S/C25H34BN3O3/c1-4-21-16-25(31-15-12-27-11-7-5-9-14-30-3)26-18-24(21)32-20(2)23-17-22-10-6-8-13-29(22)19-28-23/h6,8,10,13,16-19,22,27H,2,4-5,7,9,11-12,14-15H2,1,3H3. The van der Waals surface area contributed by atoms with Crippen LogP contribution in [-0.2, 0) is 11.2 Å². The number of fused-ring (bicyclic) bond motifs is 1. The van der Waals surface area contributed by atoms with Gasteiger partial charge in [0.1, 0.15) is 0 Å². The number of nitrogens with zero attached hydrogens (tertiary/aromatic N) is 2. The van der Waals surface area contributed by atoms with Crippen molar-refractivity contribution in [2.45, 2.75) is 38.6 Å². The summed E-state index contributed by atoms with van der Waals surface area (Å²) in [4.78, 5) is 6.52. The molecule has 170 valence electrons. The van der Waals surface area contributed by atoms with Gasteiger partial charge in [0, 0.05) is 0 Å². The maximum absolute atomic E-state index is 6.09. The van der Waals surface area contributed by atoms with Gasteiger partial charge in [0.2, 0.25) is 0 Å². The molecule has 0 fully saturated rings. The van der Waals surface area contributed by atoms with Crippen molar-refractivity contribution in [1.29, 1.82) is 0 Å². The minimum absolute atomic E-state index is 0.147. The first-order valence-corrected chi connectivity index (χ1v) is 11.4. The first kappa shape index (κ1) is 24.0. The van der Waals surface area contributed by atoms with Crippen molar-refractivity contribution in [2.24, 2.45) is 4.99 Å². The van der Waals surface area contributed by atoms with Gasteiger partial charge in [-0.05, 0) is 0 Å². The zero-order valence-corrected chi connectivity index (χ0v) is 19.3. The molecule has 32 heavy (non-hydrogen) atoms. The van der Waals surface area contributed by atoms with E-state index >= 15 is 0 Å². The Morgan fingerprint density at radius 1 is 1.22 bits per heavy atom. The van der Waals surface area contributed by atoms with Crippen molar-refractivity contribution >= 4 is 13.2 Å². The molecule has 0 amide bonds. The molecule has 2 aliphatic heterocycles. The van der Waals surface area contributed by atoms with E-state index in [1.165, 1.54) is 6.42 Å². The molecule has 0 radical (unpaired) electrons. The van der Waals surface area contributed by atoms with Crippen LogP contribution in [0.25, 0.3) is 0 Å². The van der Waals surface area contributed by atoms with E-state index in [0.717, 1.165) is 61.6 Å². The molecule has 1 aromatic heterocycles. The van der Waals surface area contributed by atoms with Crippen molar-refractivity contribution in [3.63, 3.8) is 0 Å². The van der Waals surface area contributed by atoms with E-state index in [0.29, 0.717) is 12.4 Å². The zero-order valence-electron chi connectivity index (χ0n) is 19.3. The monoisotopic (exact) mass is 435 g/mol. The van der Waals surface area contributed by atoms with Crippen LogP contribution in [-0.4, -0.2) is 57.6 Å².